The van der Waals surface area contributed by atoms with Crippen LogP contribution < -0.4 is 0 Å². The van der Waals surface area contributed by atoms with Gasteiger partial charge in [-0.3, -0.25) is 4.79 Å². The third kappa shape index (κ3) is 7.96. The fraction of sp³-hybridized carbons (Fsp3) is 0.600. The van der Waals surface area contributed by atoms with Gasteiger partial charge in [-0.1, -0.05) is 6.58 Å². The molecular formula is C10H16O5Y. The SMILES string of the molecule is C=C(C(=O)O)C(O)CCCCC(=O)OC.[Y]. The maximum Gasteiger partial charge on any atom is 0.333 e. The fourth-order valence-corrected chi connectivity index (χ4v) is 1.03. The number of aliphatic hydroxyl groups is 1. The third-order valence-electron chi connectivity index (χ3n) is 2.01. The van der Waals surface area contributed by atoms with Crippen LogP contribution in [0.4, 0.5) is 0 Å². The van der Waals surface area contributed by atoms with Gasteiger partial charge in [-0.05, 0) is 19.3 Å². The van der Waals surface area contributed by atoms with E-state index in [0.29, 0.717) is 19.3 Å². The summed E-state index contributed by atoms with van der Waals surface area (Å²) >= 11 is 0. The number of hydrogen-bond acceptors (Lipinski definition) is 4. The maximum absolute atomic E-state index is 10.7. The van der Waals surface area contributed by atoms with Crippen LogP contribution in [0.15, 0.2) is 12.2 Å². The summed E-state index contributed by atoms with van der Waals surface area (Å²) < 4.78 is 4.43. The van der Waals surface area contributed by atoms with Crippen LogP contribution in [-0.2, 0) is 47.0 Å². The molecule has 0 spiro atoms. The van der Waals surface area contributed by atoms with Gasteiger partial charge in [-0.2, -0.15) is 0 Å². The van der Waals surface area contributed by atoms with Gasteiger partial charge in [0.15, 0.2) is 0 Å². The molecule has 0 saturated heterocycles. The van der Waals surface area contributed by atoms with Gasteiger partial charge in [0.25, 0.3) is 0 Å². The summed E-state index contributed by atoms with van der Waals surface area (Å²) in [5, 5.41) is 17.8. The second-order valence-corrected chi connectivity index (χ2v) is 3.17. The molecule has 0 aromatic rings. The summed E-state index contributed by atoms with van der Waals surface area (Å²) in [4.78, 5) is 21.1. The van der Waals surface area contributed by atoms with Crippen molar-refractivity contribution in [1.29, 1.82) is 0 Å². The Labute approximate surface area is 120 Å². The minimum atomic E-state index is -1.20. The van der Waals surface area contributed by atoms with Gasteiger partial charge in [0.1, 0.15) is 0 Å². The van der Waals surface area contributed by atoms with Crippen molar-refractivity contribution >= 4 is 11.9 Å². The molecule has 0 rings (SSSR count). The Hall–Kier alpha value is -0.256. The van der Waals surface area contributed by atoms with Crippen molar-refractivity contribution in [3.63, 3.8) is 0 Å². The van der Waals surface area contributed by atoms with Gasteiger partial charge in [0.05, 0.1) is 18.8 Å². The van der Waals surface area contributed by atoms with E-state index >= 15 is 0 Å². The van der Waals surface area contributed by atoms with E-state index in [-0.39, 0.29) is 50.7 Å². The molecule has 5 nitrogen and oxygen atoms in total. The number of carbonyl (C=O) groups excluding carboxylic acids is 1. The minimum absolute atomic E-state index is 0. The number of esters is 1. The molecule has 89 valence electrons. The molecule has 0 aromatic carbocycles. The van der Waals surface area contributed by atoms with E-state index in [2.05, 4.69) is 11.3 Å². The number of ether oxygens (including phenoxy) is 1. The molecule has 16 heavy (non-hydrogen) atoms. The van der Waals surface area contributed by atoms with E-state index in [1.54, 1.807) is 0 Å². The van der Waals surface area contributed by atoms with Gasteiger partial charge in [0.2, 0.25) is 0 Å². The van der Waals surface area contributed by atoms with Crippen molar-refractivity contribution in [3.8, 4) is 0 Å². The number of carboxylic acid groups (broad SMARTS) is 1. The minimum Gasteiger partial charge on any atom is -0.478 e. The second-order valence-electron chi connectivity index (χ2n) is 3.17. The fourth-order valence-electron chi connectivity index (χ4n) is 1.03. The molecule has 0 fully saturated rings. The van der Waals surface area contributed by atoms with E-state index in [4.69, 9.17) is 5.11 Å². The first kappa shape index (κ1) is 18.1. The van der Waals surface area contributed by atoms with Gasteiger partial charge in [-0.15, -0.1) is 0 Å². The molecule has 1 unspecified atom stereocenters. The van der Waals surface area contributed by atoms with Crippen molar-refractivity contribution < 1.29 is 57.2 Å². The predicted molar refractivity (Wildman–Crippen MR) is 53.3 cm³/mol. The van der Waals surface area contributed by atoms with Crippen molar-refractivity contribution in [2.45, 2.75) is 31.8 Å². The smallest absolute Gasteiger partial charge is 0.333 e. The third-order valence-corrected chi connectivity index (χ3v) is 2.01. The van der Waals surface area contributed by atoms with Crippen LogP contribution in [0.25, 0.3) is 0 Å². The summed E-state index contributed by atoms with van der Waals surface area (Å²) in [6, 6.07) is 0. The van der Waals surface area contributed by atoms with Gasteiger partial charge in [0, 0.05) is 39.1 Å². The Kier molecular flexibility index (Phi) is 11.2. The Morgan fingerprint density at radius 1 is 1.38 bits per heavy atom. The van der Waals surface area contributed by atoms with Gasteiger partial charge >= 0.3 is 11.9 Å². The summed E-state index contributed by atoms with van der Waals surface area (Å²) in [5.41, 5.74) is -0.215. The molecule has 0 amide bonds. The zero-order valence-corrected chi connectivity index (χ0v) is 12.1. The van der Waals surface area contributed by atoms with Crippen LogP contribution >= 0.6 is 0 Å². The van der Waals surface area contributed by atoms with E-state index < -0.39 is 12.1 Å². The molecule has 0 aliphatic heterocycles. The molecule has 0 bridgehead atoms. The van der Waals surface area contributed by atoms with Crippen molar-refractivity contribution in [2.75, 3.05) is 7.11 Å². The monoisotopic (exact) mass is 305 g/mol. The maximum atomic E-state index is 10.7. The molecule has 0 aliphatic rings. The number of carboxylic acids is 1. The van der Waals surface area contributed by atoms with Crippen molar-refractivity contribution in [3.05, 3.63) is 12.2 Å². The second kappa shape index (κ2) is 9.93. The van der Waals surface area contributed by atoms with Crippen LogP contribution in [0, 0.1) is 0 Å². The van der Waals surface area contributed by atoms with Crippen LogP contribution in [0.3, 0.4) is 0 Å². The van der Waals surface area contributed by atoms with Crippen LogP contribution in [0.5, 0.6) is 0 Å². The average molecular weight is 305 g/mol. The van der Waals surface area contributed by atoms with Crippen LogP contribution in [0.1, 0.15) is 25.7 Å². The number of aliphatic carboxylic acids is 1. The zero-order valence-electron chi connectivity index (χ0n) is 9.31. The number of methoxy groups -OCH3 is 1. The summed E-state index contributed by atoms with van der Waals surface area (Å²) in [5.74, 6) is -1.50. The quantitative estimate of drug-likeness (QED) is 0.411. The zero-order chi connectivity index (χ0) is 11.8. The first-order chi connectivity index (χ1) is 6.99. The topological polar surface area (TPSA) is 83.8 Å². The summed E-state index contributed by atoms with van der Waals surface area (Å²) in [7, 11) is 1.31. The predicted octanol–water partition coefficient (Wildman–Crippen LogP) is 0.719. The average Bonchev–Trinajstić information content (AvgIpc) is 2.22. The number of aliphatic hydroxyl groups excluding tert-OH is 1. The largest absolute Gasteiger partial charge is 0.478 e. The summed E-state index contributed by atoms with van der Waals surface area (Å²) in [6.07, 6.45) is 0.657. The number of hydrogen-bond donors (Lipinski definition) is 2. The first-order valence-electron chi connectivity index (χ1n) is 4.66. The molecule has 0 aromatic heterocycles. The molecule has 0 aliphatic carbocycles. The Morgan fingerprint density at radius 2 is 1.94 bits per heavy atom. The number of unbranched alkanes of at least 4 members (excludes halogenated alkanes) is 1. The molecular weight excluding hydrogens is 289 g/mol. The van der Waals surface area contributed by atoms with Crippen LogP contribution in [0.2, 0.25) is 0 Å². The van der Waals surface area contributed by atoms with Gasteiger partial charge < -0.3 is 14.9 Å². The first-order valence-corrected chi connectivity index (χ1v) is 4.66. The summed E-state index contributed by atoms with van der Waals surface area (Å²) in [6.45, 7) is 3.24. The number of carbonyl (C=O) groups is 2. The van der Waals surface area contributed by atoms with E-state index in [9.17, 15) is 14.7 Å². The normalized spacial score (nSPS) is 11.1. The molecule has 2 N–H and O–H groups in total. The Balaban J connectivity index is 0. The van der Waals surface area contributed by atoms with Crippen molar-refractivity contribution in [2.24, 2.45) is 0 Å². The van der Waals surface area contributed by atoms with Crippen LogP contribution in [-0.4, -0.2) is 35.4 Å². The van der Waals surface area contributed by atoms with Gasteiger partial charge in [-0.25, -0.2) is 4.79 Å². The standard InChI is InChI=1S/C10H16O5.Y/c1-7(10(13)14)8(11)5-3-4-6-9(12)15-2;/h8,11H,1,3-6H2,2H3,(H,13,14);. The number of rotatable bonds is 7. The van der Waals surface area contributed by atoms with Crippen molar-refractivity contribution in [1.82, 2.24) is 0 Å². The van der Waals surface area contributed by atoms with E-state index in [0.717, 1.165) is 0 Å². The molecule has 0 saturated carbocycles. The molecule has 6 heteroatoms. The molecule has 1 atom stereocenters. The Bertz CT molecular complexity index is 252. The molecule has 0 heterocycles. The van der Waals surface area contributed by atoms with E-state index in [1.165, 1.54) is 7.11 Å². The molecule has 1 radical (unpaired) electrons. The van der Waals surface area contributed by atoms with E-state index in [1.807, 2.05) is 0 Å². The Morgan fingerprint density at radius 3 is 2.38 bits per heavy atom.